The van der Waals surface area contributed by atoms with Crippen molar-refractivity contribution in [2.75, 3.05) is 43.6 Å². The zero-order valence-electron chi connectivity index (χ0n) is 11.9. The molecule has 0 saturated carbocycles. The quantitative estimate of drug-likeness (QED) is 0.839. The first kappa shape index (κ1) is 14.0. The summed E-state index contributed by atoms with van der Waals surface area (Å²) >= 11 is 1.36. The Balaban J connectivity index is 1.87. The molecule has 10 heteroatoms. The zero-order valence-corrected chi connectivity index (χ0v) is 12.7. The Hall–Kier alpha value is -1.94. The van der Waals surface area contributed by atoms with Crippen LogP contribution in [0.2, 0.25) is 0 Å². The largest absolute Gasteiger partial charge is 0.378 e. The Morgan fingerprint density at radius 3 is 2.71 bits per heavy atom. The van der Waals surface area contributed by atoms with E-state index in [0.29, 0.717) is 30.3 Å². The van der Waals surface area contributed by atoms with Gasteiger partial charge in [-0.1, -0.05) is 0 Å². The van der Waals surface area contributed by atoms with Gasteiger partial charge in [0.15, 0.2) is 5.16 Å². The van der Waals surface area contributed by atoms with Crippen LogP contribution < -0.4 is 10.2 Å². The van der Waals surface area contributed by atoms with Gasteiger partial charge in [-0.25, -0.2) is 0 Å². The third-order valence-electron chi connectivity index (χ3n) is 2.97. The Bertz CT molecular complexity index is 612. The lowest BCUT2D eigenvalue weighted by Gasteiger charge is -2.26. The molecule has 112 valence electrons. The molecule has 1 saturated heterocycles. The van der Waals surface area contributed by atoms with Gasteiger partial charge in [-0.2, -0.15) is 15.0 Å². The second-order valence-corrected chi connectivity index (χ2v) is 5.35. The van der Waals surface area contributed by atoms with Crippen LogP contribution in [0.1, 0.15) is 0 Å². The van der Waals surface area contributed by atoms with Crippen LogP contribution in [-0.4, -0.2) is 63.1 Å². The molecular weight excluding hydrogens is 292 g/mol. The van der Waals surface area contributed by atoms with Crippen LogP contribution in [-0.2, 0) is 11.8 Å². The van der Waals surface area contributed by atoms with E-state index in [2.05, 4.69) is 35.4 Å². The highest BCUT2D eigenvalue weighted by atomic mass is 32.2. The molecule has 0 radical (unpaired) electrons. The number of hydrogen-bond donors (Lipinski definition) is 1. The van der Waals surface area contributed by atoms with Crippen LogP contribution in [0.25, 0.3) is 0 Å². The van der Waals surface area contributed by atoms with Crippen LogP contribution in [0.15, 0.2) is 16.6 Å². The number of ether oxygens (including phenoxy) is 1. The minimum Gasteiger partial charge on any atom is -0.378 e. The summed E-state index contributed by atoms with van der Waals surface area (Å²) in [4.78, 5) is 15.4. The summed E-state index contributed by atoms with van der Waals surface area (Å²) in [5, 5.41) is 12.2. The molecule has 0 aliphatic carbocycles. The van der Waals surface area contributed by atoms with Crippen molar-refractivity contribution in [3.05, 3.63) is 6.33 Å². The van der Waals surface area contributed by atoms with Crippen LogP contribution in [0, 0.1) is 0 Å². The first-order valence-electron chi connectivity index (χ1n) is 6.54. The van der Waals surface area contributed by atoms with Crippen molar-refractivity contribution in [3.63, 3.8) is 0 Å². The van der Waals surface area contributed by atoms with Gasteiger partial charge in [-0.3, -0.25) is 0 Å². The zero-order chi connectivity index (χ0) is 14.7. The summed E-state index contributed by atoms with van der Waals surface area (Å²) in [7, 11) is 3.67. The minimum absolute atomic E-state index is 0.538. The molecule has 1 aliphatic heterocycles. The van der Waals surface area contributed by atoms with Gasteiger partial charge in [0.1, 0.15) is 6.33 Å². The van der Waals surface area contributed by atoms with Gasteiger partial charge in [-0.05, 0) is 11.8 Å². The average Bonchev–Trinajstić information content (AvgIpc) is 2.93. The number of nitrogens with one attached hydrogen (secondary N) is 1. The predicted octanol–water partition coefficient (Wildman–Crippen LogP) is 0.0296. The standard InChI is InChI=1S/C11H16N8OS/c1-12-8-14-9(19-3-5-20-6-4-19)16-10(15-8)21-11-17-13-7-18(11)2/h7H,3-6H2,1-2H3,(H,12,14,15,16). The summed E-state index contributed by atoms with van der Waals surface area (Å²) in [5.74, 6) is 1.19. The first-order chi connectivity index (χ1) is 10.3. The second kappa shape index (κ2) is 6.22. The summed E-state index contributed by atoms with van der Waals surface area (Å²) in [5.41, 5.74) is 0. The number of hydrogen-bond acceptors (Lipinski definition) is 9. The van der Waals surface area contributed by atoms with Crippen molar-refractivity contribution in [2.24, 2.45) is 7.05 Å². The number of aryl methyl sites for hydroxylation is 1. The van der Waals surface area contributed by atoms with Gasteiger partial charge in [0.2, 0.25) is 17.1 Å². The van der Waals surface area contributed by atoms with E-state index in [4.69, 9.17) is 4.74 Å². The molecule has 21 heavy (non-hydrogen) atoms. The molecule has 0 amide bonds. The smallest absolute Gasteiger partial charge is 0.231 e. The van der Waals surface area contributed by atoms with Crippen LogP contribution in [0.4, 0.5) is 11.9 Å². The molecule has 1 N–H and O–H groups in total. The van der Waals surface area contributed by atoms with Gasteiger partial charge in [0, 0.05) is 27.2 Å². The molecule has 0 aromatic carbocycles. The Labute approximate surface area is 126 Å². The van der Waals surface area contributed by atoms with E-state index in [1.807, 2.05) is 11.6 Å². The highest BCUT2D eigenvalue weighted by molar-refractivity contribution is 7.99. The van der Waals surface area contributed by atoms with E-state index in [-0.39, 0.29) is 0 Å². The number of morpholine rings is 1. The summed E-state index contributed by atoms with van der Waals surface area (Å²) in [6.45, 7) is 2.93. The SMILES string of the molecule is CNc1nc(Sc2nncn2C)nc(N2CCOCC2)n1. The van der Waals surface area contributed by atoms with Gasteiger partial charge in [0.05, 0.1) is 13.2 Å². The number of aromatic nitrogens is 6. The maximum absolute atomic E-state index is 5.35. The highest BCUT2D eigenvalue weighted by Crippen LogP contribution is 2.24. The molecule has 0 bridgehead atoms. The number of anilines is 2. The van der Waals surface area contributed by atoms with E-state index in [9.17, 15) is 0 Å². The lowest BCUT2D eigenvalue weighted by atomic mass is 10.4. The normalized spacial score (nSPS) is 15.2. The van der Waals surface area contributed by atoms with E-state index < -0.39 is 0 Å². The Morgan fingerprint density at radius 2 is 2.05 bits per heavy atom. The monoisotopic (exact) mass is 308 g/mol. The molecule has 3 rings (SSSR count). The molecule has 2 aromatic heterocycles. The van der Waals surface area contributed by atoms with Crippen LogP contribution >= 0.6 is 11.8 Å². The number of rotatable bonds is 4. The average molecular weight is 308 g/mol. The fraction of sp³-hybridized carbons (Fsp3) is 0.545. The van der Waals surface area contributed by atoms with E-state index in [1.54, 1.807) is 13.4 Å². The van der Waals surface area contributed by atoms with E-state index in [0.717, 1.165) is 18.2 Å². The van der Waals surface area contributed by atoms with Gasteiger partial charge < -0.3 is 19.5 Å². The molecule has 2 aromatic rings. The Morgan fingerprint density at radius 1 is 1.24 bits per heavy atom. The van der Waals surface area contributed by atoms with Crippen molar-refractivity contribution in [2.45, 2.75) is 10.3 Å². The van der Waals surface area contributed by atoms with Crippen molar-refractivity contribution in [1.82, 2.24) is 29.7 Å². The van der Waals surface area contributed by atoms with Crippen molar-refractivity contribution in [3.8, 4) is 0 Å². The van der Waals surface area contributed by atoms with Crippen LogP contribution in [0.3, 0.4) is 0 Å². The summed E-state index contributed by atoms with van der Waals surface area (Å²) < 4.78 is 7.18. The molecule has 1 fully saturated rings. The lowest BCUT2D eigenvalue weighted by molar-refractivity contribution is 0.122. The lowest BCUT2D eigenvalue weighted by Crippen LogP contribution is -2.37. The topological polar surface area (TPSA) is 93.9 Å². The summed E-state index contributed by atoms with van der Waals surface area (Å²) in [6.07, 6.45) is 1.64. The molecule has 0 atom stereocenters. The van der Waals surface area contributed by atoms with Crippen molar-refractivity contribution in [1.29, 1.82) is 0 Å². The molecule has 1 aliphatic rings. The van der Waals surface area contributed by atoms with Gasteiger partial charge in [0.25, 0.3) is 0 Å². The van der Waals surface area contributed by atoms with Gasteiger partial charge in [-0.15, -0.1) is 10.2 Å². The van der Waals surface area contributed by atoms with Crippen molar-refractivity contribution < 1.29 is 4.74 Å². The first-order valence-corrected chi connectivity index (χ1v) is 7.36. The van der Waals surface area contributed by atoms with E-state index >= 15 is 0 Å². The molecule has 0 spiro atoms. The van der Waals surface area contributed by atoms with E-state index in [1.165, 1.54) is 11.8 Å². The molecule has 3 heterocycles. The van der Waals surface area contributed by atoms with Crippen LogP contribution in [0.5, 0.6) is 0 Å². The fourth-order valence-electron chi connectivity index (χ4n) is 1.85. The molecular formula is C11H16N8OS. The maximum Gasteiger partial charge on any atom is 0.231 e. The Kier molecular flexibility index (Phi) is 4.15. The summed E-state index contributed by atoms with van der Waals surface area (Å²) in [6, 6.07) is 0. The second-order valence-electron chi connectivity index (χ2n) is 4.42. The third kappa shape index (κ3) is 3.22. The van der Waals surface area contributed by atoms with Crippen molar-refractivity contribution >= 4 is 23.7 Å². The maximum atomic E-state index is 5.35. The molecule has 0 unspecified atom stereocenters. The fourth-order valence-corrected chi connectivity index (χ4v) is 2.56. The molecule has 9 nitrogen and oxygen atoms in total. The van der Waals surface area contributed by atoms with Gasteiger partial charge >= 0.3 is 0 Å². The minimum atomic E-state index is 0.538. The highest BCUT2D eigenvalue weighted by Gasteiger charge is 2.17. The number of nitrogens with zero attached hydrogens (tertiary/aromatic N) is 7. The third-order valence-corrected chi connectivity index (χ3v) is 3.89. The predicted molar refractivity (Wildman–Crippen MR) is 77.5 cm³/mol.